The van der Waals surface area contributed by atoms with Crippen molar-refractivity contribution in [2.45, 2.75) is 109 Å². The van der Waals surface area contributed by atoms with Gasteiger partial charge in [0.05, 0.1) is 19.0 Å². The highest BCUT2D eigenvalue weighted by molar-refractivity contribution is 5.98. The van der Waals surface area contributed by atoms with Crippen LogP contribution in [0.5, 0.6) is 0 Å². The van der Waals surface area contributed by atoms with E-state index >= 15 is 0 Å². The molecule has 0 saturated heterocycles. The van der Waals surface area contributed by atoms with E-state index < -0.39 is 5.97 Å². The lowest BCUT2D eigenvalue weighted by molar-refractivity contribution is -0.147. The van der Waals surface area contributed by atoms with E-state index in [0.717, 1.165) is 6.08 Å². The van der Waals surface area contributed by atoms with E-state index in [0.29, 0.717) is 38.8 Å². The van der Waals surface area contributed by atoms with Crippen molar-refractivity contribution in [3.8, 4) is 74.1 Å². The molecule has 0 saturated carbocycles. The predicted octanol–water partition coefficient (Wildman–Crippen LogP) is 5.92. The molecule has 62 heavy (non-hydrogen) atoms. The summed E-state index contributed by atoms with van der Waals surface area (Å²) < 4.78 is 9.45. The number of terminal acetylenes is 6. The zero-order valence-corrected chi connectivity index (χ0v) is 39.0. The number of ketones is 4. The van der Waals surface area contributed by atoms with Crippen LogP contribution < -0.4 is 10.6 Å². The maximum Gasteiger partial charge on any atom is 0.330 e. The average Bonchev–Trinajstić information content (AvgIpc) is 3.22. The fourth-order valence-corrected chi connectivity index (χ4v) is 2.52. The molecule has 12 nitrogen and oxygen atoms in total. The summed E-state index contributed by atoms with van der Waals surface area (Å²) in [4.78, 5) is 86.4. The minimum Gasteiger partial charge on any atom is -0.464 e. The van der Waals surface area contributed by atoms with Crippen molar-refractivity contribution in [2.24, 2.45) is 35.5 Å². The number of amides is 2. The third kappa shape index (κ3) is 55.5. The maximum atomic E-state index is 11.1. The molecule has 0 aromatic rings. The van der Waals surface area contributed by atoms with E-state index in [2.05, 4.69) is 40.2 Å². The van der Waals surface area contributed by atoms with Crippen molar-refractivity contribution in [2.75, 3.05) is 26.3 Å². The molecule has 0 aromatic carbocycles. The summed E-state index contributed by atoms with van der Waals surface area (Å²) >= 11 is 0. The Morgan fingerprint density at radius 2 is 0.919 bits per heavy atom. The Kier molecular flexibility index (Phi) is 51.0. The summed E-state index contributed by atoms with van der Waals surface area (Å²) in [6, 6.07) is 0. The predicted molar refractivity (Wildman–Crippen MR) is 247 cm³/mol. The van der Waals surface area contributed by atoms with E-state index in [-0.39, 0.29) is 89.6 Å². The lowest BCUT2D eigenvalue weighted by Gasteiger charge is -2.03. The van der Waals surface area contributed by atoms with Crippen LogP contribution in [-0.4, -0.2) is 73.2 Å². The summed E-state index contributed by atoms with van der Waals surface area (Å²) in [5.41, 5.74) is 0. The number of rotatable bonds is 18. The fourth-order valence-electron chi connectivity index (χ4n) is 2.52. The average molecular weight is 859 g/mol. The van der Waals surface area contributed by atoms with Crippen LogP contribution in [0.2, 0.25) is 0 Å². The minimum absolute atomic E-state index is 0.00736. The second kappa shape index (κ2) is 47.1. The van der Waals surface area contributed by atoms with Crippen LogP contribution in [0.1, 0.15) is 109 Å². The van der Waals surface area contributed by atoms with Gasteiger partial charge in [0.25, 0.3) is 0 Å². The molecule has 0 aliphatic rings. The molecule has 0 atom stereocenters. The molecule has 2 N–H and O–H groups in total. The molecule has 2 amide bonds. The van der Waals surface area contributed by atoms with Gasteiger partial charge in [0.2, 0.25) is 17.6 Å². The maximum absolute atomic E-state index is 11.1. The molecule has 0 unspecified atom stereocenters. The number of carbonyl (C=O) groups is 8. The SMILES string of the molecule is C#CC(=O)C(C)C.C#CCCC(=O)C(C)C.C#CCCOC(=O)/C=C/C(=O)C(C)C.C#CCCOC(=O)C(C)C.C#CCNC(=O)/C=C/C(=O)C(C)C.C#CCNC(=O)C(C)C. The van der Waals surface area contributed by atoms with Gasteiger partial charge in [-0.05, 0) is 18.1 Å². The van der Waals surface area contributed by atoms with Gasteiger partial charge in [-0.1, -0.05) is 94.9 Å². The zero-order chi connectivity index (χ0) is 49.6. The van der Waals surface area contributed by atoms with Gasteiger partial charge in [0, 0.05) is 67.4 Å². The molecule has 0 heterocycles. The fraction of sp³-hybridized carbons (Fsp3) is 0.520. The number of hydrogen-bond donors (Lipinski definition) is 2. The van der Waals surface area contributed by atoms with Gasteiger partial charge < -0.3 is 20.1 Å². The highest BCUT2D eigenvalue weighted by Gasteiger charge is 2.07. The van der Waals surface area contributed by atoms with Gasteiger partial charge >= 0.3 is 11.9 Å². The summed E-state index contributed by atoms with van der Waals surface area (Å²) in [7, 11) is 0. The number of carbonyl (C=O) groups excluding carboxylic acids is 8. The second-order valence-corrected chi connectivity index (χ2v) is 14.2. The Balaban J connectivity index is -0.000000154. The Hall–Kier alpha value is -6.60. The monoisotopic (exact) mass is 859 g/mol. The van der Waals surface area contributed by atoms with E-state index in [1.54, 1.807) is 55.4 Å². The number of esters is 2. The van der Waals surface area contributed by atoms with Crippen LogP contribution in [0.15, 0.2) is 24.3 Å². The van der Waals surface area contributed by atoms with Crippen molar-refractivity contribution < 1.29 is 47.8 Å². The molecule has 0 aromatic heterocycles. The van der Waals surface area contributed by atoms with Crippen molar-refractivity contribution in [1.82, 2.24) is 10.6 Å². The summed E-state index contributed by atoms with van der Waals surface area (Å²) in [5, 5.41) is 4.97. The van der Waals surface area contributed by atoms with Crippen molar-refractivity contribution in [1.29, 1.82) is 0 Å². The van der Waals surface area contributed by atoms with Gasteiger partial charge in [-0.2, -0.15) is 0 Å². The standard InChI is InChI=1S/C11H14O3.C10H13NO2.C8H12O2.C8H12O.C7H11NO.C6H8O/c1-4-5-8-14-11(13)7-6-10(12)9(2)3;1-4-7-11-10(13)6-5-9(12)8(2)3;1-4-5-6-10-8(9)7(2)3;1-4-5-6-8(9)7(2)3;1-4-5-8-7(9)6(2)3;1-4-6(7)5(2)3/h1,6-7,9H,5,8H2,2-3H3;1,5-6,8H,7H2,2-3H3,(H,11,13);1,7H,5-6H2,2-3H3;1,7H,5-6H2,2-3H3;1,6H,5H2,2-3H3,(H,8,9);1,5H,2-3H3/b7-6+;6-5+;;;;. The molecule has 0 bridgehead atoms. The zero-order valence-electron chi connectivity index (χ0n) is 39.0. The Bertz CT molecular complexity index is 1630. The van der Waals surface area contributed by atoms with E-state index in [4.69, 9.17) is 48.0 Å². The molecule has 0 aliphatic carbocycles. The highest BCUT2D eigenvalue weighted by Crippen LogP contribution is 2.00. The normalized spacial score (nSPS) is 9.35. The first-order valence-corrected chi connectivity index (χ1v) is 19.9. The van der Waals surface area contributed by atoms with E-state index in [1.165, 1.54) is 18.2 Å². The third-order valence-electron chi connectivity index (χ3n) is 6.45. The largest absolute Gasteiger partial charge is 0.464 e. The first-order valence-electron chi connectivity index (χ1n) is 19.9. The van der Waals surface area contributed by atoms with Crippen LogP contribution in [0.4, 0.5) is 0 Å². The molecule has 12 heteroatoms. The minimum atomic E-state index is -0.533. The molecule has 340 valence electrons. The number of hydrogen-bond acceptors (Lipinski definition) is 10. The van der Waals surface area contributed by atoms with Crippen LogP contribution in [0.3, 0.4) is 0 Å². The highest BCUT2D eigenvalue weighted by atomic mass is 16.5. The van der Waals surface area contributed by atoms with Gasteiger partial charge in [0.15, 0.2) is 11.6 Å². The smallest absolute Gasteiger partial charge is 0.330 e. The lowest BCUT2D eigenvalue weighted by atomic mass is 10.1. The first kappa shape index (κ1) is 67.2. The number of Topliss-reactive ketones (excluding diaryl/α,β-unsaturated/α-hetero) is 2. The molecule has 0 radical (unpaired) electrons. The lowest BCUT2D eigenvalue weighted by Crippen LogP contribution is -2.27. The Labute approximate surface area is 373 Å². The number of nitrogens with one attached hydrogen (secondary N) is 2. The second-order valence-electron chi connectivity index (χ2n) is 14.2. The molecule has 0 spiro atoms. The van der Waals surface area contributed by atoms with Crippen LogP contribution in [0.25, 0.3) is 0 Å². The summed E-state index contributed by atoms with van der Waals surface area (Å²) in [6.07, 6.45) is 36.3. The van der Waals surface area contributed by atoms with Gasteiger partial charge in [0.1, 0.15) is 19.0 Å². The quantitative estimate of drug-likeness (QED) is 0.0553. The van der Waals surface area contributed by atoms with Gasteiger partial charge in [-0.3, -0.25) is 33.6 Å². The Morgan fingerprint density at radius 3 is 1.26 bits per heavy atom. The molecular formula is C50H70N2O10. The number of allylic oxidation sites excluding steroid dienone is 2. The third-order valence-corrected chi connectivity index (χ3v) is 6.45. The molecule has 0 aliphatic heterocycles. The summed E-state index contributed by atoms with van der Waals surface area (Å²) in [6.45, 7) is 22.7. The van der Waals surface area contributed by atoms with Crippen molar-refractivity contribution in [3.05, 3.63) is 24.3 Å². The molecule has 0 rings (SSSR count). The van der Waals surface area contributed by atoms with Crippen LogP contribution in [-0.2, 0) is 47.8 Å². The molecule has 0 fully saturated rings. The van der Waals surface area contributed by atoms with Gasteiger partial charge in [-0.25, -0.2) is 4.79 Å². The van der Waals surface area contributed by atoms with Crippen LogP contribution in [0, 0.1) is 110 Å². The van der Waals surface area contributed by atoms with E-state index in [1.807, 2.05) is 33.6 Å². The number of ether oxygens (including phenoxy) is 2. The Morgan fingerprint density at radius 1 is 0.484 bits per heavy atom. The first-order chi connectivity index (χ1) is 28.9. The molecular weight excluding hydrogens is 789 g/mol. The van der Waals surface area contributed by atoms with Crippen molar-refractivity contribution >= 4 is 46.9 Å². The van der Waals surface area contributed by atoms with Crippen LogP contribution >= 0.6 is 0 Å². The van der Waals surface area contributed by atoms with E-state index in [9.17, 15) is 38.4 Å². The van der Waals surface area contributed by atoms with Gasteiger partial charge in [-0.15, -0.1) is 56.3 Å². The van der Waals surface area contributed by atoms with Crippen molar-refractivity contribution in [3.63, 3.8) is 0 Å². The topological polar surface area (TPSA) is 179 Å². The summed E-state index contributed by atoms with van der Waals surface area (Å²) in [5.74, 6) is 12.6.